The normalized spacial score (nSPS) is 18.0. The van der Waals surface area contributed by atoms with Crippen LogP contribution in [0.3, 0.4) is 0 Å². The van der Waals surface area contributed by atoms with Gasteiger partial charge in [0.25, 0.3) is 5.56 Å². The van der Waals surface area contributed by atoms with Gasteiger partial charge in [0, 0.05) is 31.1 Å². The van der Waals surface area contributed by atoms with Crippen LogP contribution in [0, 0.1) is 0 Å². The van der Waals surface area contributed by atoms with E-state index in [1.54, 1.807) is 12.1 Å². The molecule has 0 spiro atoms. The summed E-state index contributed by atoms with van der Waals surface area (Å²) in [7, 11) is 0. The van der Waals surface area contributed by atoms with E-state index in [-0.39, 0.29) is 11.3 Å². The van der Waals surface area contributed by atoms with Gasteiger partial charge in [-0.05, 0) is 30.9 Å². The van der Waals surface area contributed by atoms with Crippen LogP contribution in [0.15, 0.2) is 23.0 Å². The van der Waals surface area contributed by atoms with Crippen LogP contribution in [-0.4, -0.2) is 26.5 Å². The van der Waals surface area contributed by atoms with E-state index in [4.69, 9.17) is 11.6 Å². The zero-order chi connectivity index (χ0) is 16.0. The number of hydrogen-bond acceptors (Lipinski definition) is 4. The molecule has 2 aromatic rings. The summed E-state index contributed by atoms with van der Waals surface area (Å²) >= 11 is 6.17. The van der Waals surface area contributed by atoms with Gasteiger partial charge in [0.2, 0.25) is 0 Å². The maximum Gasteiger partial charge on any atom is 0.254 e. The van der Waals surface area contributed by atoms with Crippen LogP contribution < -0.4 is 5.56 Å². The Morgan fingerprint density at radius 2 is 2.22 bits per heavy atom. The molecular formula is C17H18ClN3O2. The van der Waals surface area contributed by atoms with Crippen molar-refractivity contribution in [3.63, 3.8) is 0 Å². The van der Waals surface area contributed by atoms with Gasteiger partial charge in [-0.25, -0.2) is 4.98 Å². The van der Waals surface area contributed by atoms with Crippen molar-refractivity contribution in [1.82, 2.24) is 14.9 Å². The van der Waals surface area contributed by atoms with Crippen molar-refractivity contribution in [2.24, 2.45) is 0 Å². The van der Waals surface area contributed by atoms with Crippen LogP contribution in [0.1, 0.15) is 41.4 Å². The Balaban J connectivity index is 1.58. The summed E-state index contributed by atoms with van der Waals surface area (Å²) in [6.07, 6.45) is 2.92. The highest BCUT2D eigenvalue weighted by molar-refractivity contribution is 6.32. The van der Waals surface area contributed by atoms with Crippen LogP contribution in [-0.2, 0) is 19.5 Å². The quantitative estimate of drug-likeness (QED) is 0.907. The van der Waals surface area contributed by atoms with Gasteiger partial charge < -0.3 is 10.1 Å². The zero-order valence-electron chi connectivity index (χ0n) is 12.7. The van der Waals surface area contributed by atoms with Gasteiger partial charge in [0.1, 0.15) is 11.6 Å². The number of halogens is 1. The van der Waals surface area contributed by atoms with E-state index in [1.165, 1.54) is 0 Å². The Morgan fingerprint density at radius 3 is 3.00 bits per heavy atom. The molecule has 2 aliphatic rings. The first-order valence-electron chi connectivity index (χ1n) is 7.92. The second-order valence-electron chi connectivity index (χ2n) is 6.36. The van der Waals surface area contributed by atoms with Crippen molar-refractivity contribution >= 4 is 11.6 Å². The molecule has 1 saturated carbocycles. The van der Waals surface area contributed by atoms with Crippen LogP contribution in [0.25, 0.3) is 0 Å². The van der Waals surface area contributed by atoms with E-state index in [0.29, 0.717) is 30.5 Å². The molecule has 1 fully saturated rings. The monoisotopic (exact) mass is 331 g/mol. The van der Waals surface area contributed by atoms with E-state index < -0.39 is 0 Å². The first-order valence-corrected chi connectivity index (χ1v) is 8.30. The smallest absolute Gasteiger partial charge is 0.254 e. The Labute approximate surface area is 138 Å². The van der Waals surface area contributed by atoms with Crippen molar-refractivity contribution in [1.29, 1.82) is 0 Å². The number of nitrogens with one attached hydrogen (secondary N) is 1. The topological polar surface area (TPSA) is 69.2 Å². The van der Waals surface area contributed by atoms with E-state index in [1.807, 2.05) is 6.07 Å². The Bertz CT molecular complexity index is 814. The summed E-state index contributed by atoms with van der Waals surface area (Å²) in [5.41, 5.74) is 2.61. The summed E-state index contributed by atoms with van der Waals surface area (Å²) in [6, 6.07) is 5.29. The Morgan fingerprint density at radius 1 is 1.39 bits per heavy atom. The molecule has 4 rings (SSSR count). The fraction of sp³-hybridized carbons (Fsp3) is 0.412. The number of benzene rings is 1. The number of phenols is 1. The molecule has 0 unspecified atom stereocenters. The highest BCUT2D eigenvalue weighted by Gasteiger charge is 2.29. The standard InChI is InChI=1S/C17H18ClN3O2/c18-15-11(2-1-3-14(15)22)8-21-7-6-12-13(9-21)19-16(10-4-5-10)20-17(12)23/h1-3,10,22H,4-9H2,(H,19,20,23). The molecule has 0 radical (unpaired) electrons. The number of hydrogen-bond donors (Lipinski definition) is 2. The molecule has 1 aliphatic heterocycles. The summed E-state index contributed by atoms with van der Waals surface area (Å²) in [6.45, 7) is 2.07. The summed E-state index contributed by atoms with van der Waals surface area (Å²) in [4.78, 5) is 22.1. The first-order chi connectivity index (χ1) is 11.1. The van der Waals surface area contributed by atoms with Crippen LogP contribution in [0.5, 0.6) is 5.75 Å². The number of H-pyrrole nitrogens is 1. The number of aromatic nitrogens is 2. The maximum atomic E-state index is 12.2. The van der Waals surface area contributed by atoms with Crippen LogP contribution >= 0.6 is 11.6 Å². The predicted molar refractivity (Wildman–Crippen MR) is 87.8 cm³/mol. The summed E-state index contributed by atoms with van der Waals surface area (Å²) in [5, 5.41) is 10.1. The minimum atomic E-state index is 0.0203. The third-order valence-corrected chi connectivity index (χ3v) is 5.02. The third-order valence-electron chi connectivity index (χ3n) is 4.59. The molecule has 0 saturated heterocycles. The van der Waals surface area contributed by atoms with Gasteiger partial charge in [-0.15, -0.1) is 0 Å². The van der Waals surface area contributed by atoms with Gasteiger partial charge in [0.05, 0.1) is 10.7 Å². The lowest BCUT2D eigenvalue weighted by molar-refractivity contribution is 0.240. The molecule has 23 heavy (non-hydrogen) atoms. The van der Waals surface area contributed by atoms with Gasteiger partial charge in [-0.2, -0.15) is 0 Å². The Hall–Kier alpha value is -1.85. The van der Waals surface area contributed by atoms with Gasteiger partial charge >= 0.3 is 0 Å². The van der Waals surface area contributed by atoms with Crippen LogP contribution in [0.4, 0.5) is 0 Å². The minimum Gasteiger partial charge on any atom is -0.506 e. The number of aromatic amines is 1. The molecule has 0 amide bonds. The molecule has 6 heteroatoms. The van der Waals surface area contributed by atoms with Gasteiger partial charge in [-0.1, -0.05) is 23.7 Å². The van der Waals surface area contributed by atoms with E-state index in [2.05, 4.69) is 14.9 Å². The molecular weight excluding hydrogens is 314 g/mol. The molecule has 1 aliphatic carbocycles. The zero-order valence-corrected chi connectivity index (χ0v) is 13.4. The molecule has 120 valence electrons. The molecule has 2 heterocycles. The van der Waals surface area contributed by atoms with Gasteiger partial charge in [0.15, 0.2) is 0 Å². The van der Waals surface area contributed by atoms with Crippen molar-refractivity contribution in [3.8, 4) is 5.75 Å². The number of aromatic hydroxyl groups is 1. The molecule has 1 aromatic heterocycles. The minimum absolute atomic E-state index is 0.0203. The van der Waals surface area contributed by atoms with Crippen molar-refractivity contribution in [2.75, 3.05) is 6.54 Å². The molecule has 0 bridgehead atoms. The van der Waals surface area contributed by atoms with Crippen molar-refractivity contribution < 1.29 is 5.11 Å². The maximum absolute atomic E-state index is 12.2. The number of fused-ring (bicyclic) bond motifs is 1. The summed E-state index contributed by atoms with van der Waals surface area (Å²) in [5.74, 6) is 1.38. The highest BCUT2D eigenvalue weighted by atomic mass is 35.5. The van der Waals surface area contributed by atoms with Gasteiger partial charge in [-0.3, -0.25) is 9.69 Å². The summed E-state index contributed by atoms with van der Waals surface area (Å²) < 4.78 is 0. The lowest BCUT2D eigenvalue weighted by Gasteiger charge is -2.28. The van der Waals surface area contributed by atoms with E-state index >= 15 is 0 Å². The molecule has 2 N–H and O–H groups in total. The number of nitrogens with zero attached hydrogens (tertiary/aromatic N) is 2. The highest BCUT2D eigenvalue weighted by Crippen LogP contribution is 2.38. The van der Waals surface area contributed by atoms with E-state index in [9.17, 15) is 9.90 Å². The van der Waals surface area contributed by atoms with E-state index in [0.717, 1.165) is 42.0 Å². The fourth-order valence-electron chi connectivity index (χ4n) is 3.13. The van der Waals surface area contributed by atoms with Crippen molar-refractivity contribution in [2.45, 2.75) is 38.3 Å². The fourth-order valence-corrected chi connectivity index (χ4v) is 3.31. The predicted octanol–water partition coefficient (Wildman–Crippen LogP) is 2.56. The number of phenolic OH excluding ortho intramolecular Hbond substituents is 1. The SMILES string of the molecule is O=c1[nH]c(C2CC2)nc2c1CCN(Cc1cccc(O)c1Cl)C2. The second-order valence-corrected chi connectivity index (χ2v) is 6.74. The number of rotatable bonds is 3. The second kappa shape index (κ2) is 5.65. The average Bonchev–Trinajstić information content (AvgIpc) is 3.36. The lowest BCUT2D eigenvalue weighted by atomic mass is 10.1. The van der Waals surface area contributed by atoms with Crippen LogP contribution in [0.2, 0.25) is 5.02 Å². The first kappa shape index (κ1) is 14.7. The molecule has 5 nitrogen and oxygen atoms in total. The third kappa shape index (κ3) is 2.86. The van der Waals surface area contributed by atoms with Crippen molar-refractivity contribution in [3.05, 3.63) is 56.2 Å². The molecule has 1 aromatic carbocycles. The molecule has 0 atom stereocenters. The lowest BCUT2D eigenvalue weighted by Crippen LogP contribution is -2.35. The largest absolute Gasteiger partial charge is 0.506 e. The average molecular weight is 332 g/mol. The Kier molecular flexibility index (Phi) is 3.62.